The predicted molar refractivity (Wildman–Crippen MR) is 167 cm³/mol. The molecule has 0 aromatic carbocycles. The van der Waals surface area contributed by atoms with E-state index in [1.807, 2.05) is 0 Å². The maximum Gasteiger partial charge on any atom is 0.235 e. The number of aliphatic hydroxyl groups is 10. The standard InChI is InChI=1S/C31H62N2O12/c1-3-5-7-9-11-13-15-31(16-14-12-10-8-6-4-2,29(44)32-17-21(36)25(40)27(42)23(38)19-34)30(45)33-18-22(37)26(41)28(43)24(39)20-35/h21-28,34-43H,3-20H2,1-2H3,(H,32,44)(H,33,45)/t21-,22-,23-,24-,25+,26+,27+,28+/m0/s1. The minimum Gasteiger partial charge on any atom is -0.394 e. The maximum absolute atomic E-state index is 13.8. The quantitative estimate of drug-likeness (QED) is 0.0343. The molecule has 268 valence electrons. The molecule has 0 radical (unpaired) electrons. The van der Waals surface area contributed by atoms with Gasteiger partial charge < -0.3 is 61.7 Å². The number of hydrogen-bond donors (Lipinski definition) is 12. The Morgan fingerprint density at radius 1 is 0.489 bits per heavy atom. The van der Waals surface area contributed by atoms with Gasteiger partial charge in [0.05, 0.1) is 25.4 Å². The van der Waals surface area contributed by atoms with Gasteiger partial charge in [-0.3, -0.25) is 9.59 Å². The number of carbonyl (C=O) groups excluding carboxylic acids is 2. The van der Waals surface area contributed by atoms with E-state index < -0.39 is 92.4 Å². The summed E-state index contributed by atoms with van der Waals surface area (Å²) in [5, 5.41) is 103. The minimum atomic E-state index is -1.91. The van der Waals surface area contributed by atoms with Gasteiger partial charge in [0.15, 0.2) is 0 Å². The van der Waals surface area contributed by atoms with Crippen LogP contribution in [0.5, 0.6) is 0 Å². The topological polar surface area (TPSA) is 260 Å². The molecule has 0 spiro atoms. The highest BCUT2D eigenvalue weighted by atomic mass is 16.4. The van der Waals surface area contributed by atoms with Gasteiger partial charge in [0.25, 0.3) is 0 Å². The van der Waals surface area contributed by atoms with Crippen LogP contribution in [0.15, 0.2) is 0 Å². The van der Waals surface area contributed by atoms with Gasteiger partial charge >= 0.3 is 0 Å². The normalized spacial score (nSPS) is 17.5. The molecule has 0 aliphatic heterocycles. The second-order valence-corrected chi connectivity index (χ2v) is 12.1. The Balaban J connectivity index is 5.99. The SMILES string of the molecule is CCCCCCCCC(CCCCCCCC)(C(=O)NC[C@H](O)[C@@H](O)[C@H](O)[C@@H](O)CO)C(=O)NC[C@H](O)[C@@H](O)[C@H](O)[C@@H](O)CO. The molecule has 0 aliphatic rings. The van der Waals surface area contributed by atoms with E-state index in [0.717, 1.165) is 64.2 Å². The van der Waals surface area contributed by atoms with Crippen molar-refractivity contribution < 1.29 is 60.7 Å². The largest absolute Gasteiger partial charge is 0.394 e. The van der Waals surface area contributed by atoms with Gasteiger partial charge in [0, 0.05) is 13.1 Å². The summed E-state index contributed by atoms with van der Waals surface area (Å²) >= 11 is 0. The summed E-state index contributed by atoms with van der Waals surface area (Å²) in [4.78, 5) is 27.6. The number of hydrogen-bond acceptors (Lipinski definition) is 12. The highest BCUT2D eigenvalue weighted by molar-refractivity contribution is 6.05. The Hall–Kier alpha value is -1.46. The Labute approximate surface area is 267 Å². The van der Waals surface area contributed by atoms with Crippen LogP contribution in [0.1, 0.15) is 104 Å². The van der Waals surface area contributed by atoms with Crippen molar-refractivity contribution in [2.75, 3.05) is 26.3 Å². The van der Waals surface area contributed by atoms with E-state index in [9.17, 15) is 50.4 Å². The smallest absolute Gasteiger partial charge is 0.235 e. The molecule has 0 saturated heterocycles. The summed E-state index contributed by atoms with van der Waals surface area (Å²) < 4.78 is 0. The van der Waals surface area contributed by atoms with Crippen molar-refractivity contribution >= 4 is 11.8 Å². The molecule has 0 rings (SSSR count). The van der Waals surface area contributed by atoms with Crippen molar-refractivity contribution in [3.05, 3.63) is 0 Å². The Bertz CT molecular complexity index is 715. The maximum atomic E-state index is 13.8. The molecule has 0 aromatic rings. The summed E-state index contributed by atoms with van der Waals surface area (Å²) in [6.45, 7) is 1.28. The molecule has 0 fully saturated rings. The van der Waals surface area contributed by atoms with Crippen LogP contribution in [0.4, 0.5) is 0 Å². The van der Waals surface area contributed by atoms with Gasteiger partial charge in [-0.05, 0) is 12.8 Å². The molecule has 14 heteroatoms. The van der Waals surface area contributed by atoms with E-state index in [2.05, 4.69) is 24.5 Å². The van der Waals surface area contributed by atoms with E-state index >= 15 is 0 Å². The van der Waals surface area contributed by atoms with Crippen molar-refractivity contribution in [1.82, 2.24) is 10.6 Å². The van der Waals surface area contributed by atoms with E-state index in [-0.39, 0.29) is 12.8 Å². The highest BCUT2D eigenvalue weighted by Gasteiger charge is 2.45. The first-order chi connectivity index (χ1) is 21.3. The zero-order valence-corrected chi connectivity index (χ0v) is 27.1. The van der Waals surface area contributed by atoms with Crippen LogP contribution in [-0.2, 0) is 9.59 Å². The Morgan fingerprint density at radius 3 is 1.09 bits per heavy atom. The summed E-state index contributed by atoms with van der Waals surface area (Å²) in [5.41, 5.74) is -1.67. The zero-order valence-electron chi connectivity index (χ0n) is 27.1. The van der Waals surface area contributed by atoms with E-state index in [0.29, 0.717) is 12.8 Å². The van der Waals surface area contributed by atoms with Crippen molar-refractivity contribution in [2.24, 2.45) is 5.41 Å². The lowest BCUT2D eigenvalue weighted by atomic mass is 9.75. The molecular weight excluding hydrogens is 592 g/mol. The zero-order chi connectivity index (χ0) is 34.4. The van der Waals surface area contributed by atoms with Gasteiger partial charge in [-0.15, -0.1) is 0 Å². The number of amides is 2. The molecule has 0 bridgehead atoms. The molecule has 2 amide bonds. The molecule has 0 unspecified atom stereocenters. The number of aliphatic hydroxyl groups excluding tert-OH is 10. The molecular formula is C31H62N2O12. The van der Waals surface area contributed by atoms with Gasteiger partial charge in [-0.2, -0.15) is 0 Å². The number of unbranched alkanes of at least 4 members (excludes halogenated alkanes) is 10. The van der Waals surface area contributed by atoms with Gasteiger partial charge in [0.2, 0.25) is 11.8 Å². The third-order valence-corrected chi connectivity index (χ3v) is 8.38. The minimum absolute atomic E-state index is 0.126. The molecule has 14 nitrogen and oxygen atoms in total. The first kappa shape index (κ1) is 43.5. The monoisotopic (exact) mass is 654 g/mol. The fourth-order valence-corrected chi connectivity index (χ4v) is 5.20. The number of nitrogens with one attached hydrogen (secondary N) is 2. The van der Waals surface area contributed by atoms with Crippen LogP contribution in [0, 0.1) is 5.41 Å². The second kappa shape index (κ2) is 24.7. The van der Waals surface area contributed by atoms with Gasteiger partial charge in [0.1, 0.15) is 42.0 Å². The van der Waals surface area contributed by atoms with E-state index in [1.165, 1.54) is 0 Å². The lowest BCUT2D eigenvalue weighted by molar-refractivity contribution is -0.147. The third-order valence-electron chi connectivity index (χ3n) is 8.38. The first-order valence-electron chi connectivity index (χ1n) is 16.6. The van der Waals surface area contributed by atoms with Crippen molar-refractivity contribution in [3.63, 3.8) is 0 Å². The van der Waals surface area contributed by atoms with Crippen LogP contribution in [-0.4, -0.2) is 138 Å². The van der Waals surface area contributed by atoms with Crippen LogP contribution in [0.2, 0.25) is 0 Å². The lowest BCUT2D eigenvalue weighted by Gasteiger charge is -2.33. The number of rotatable bonds is 28. The lowest BCUT2D eigenvalue weighted by Crippen LogP contribution is -2.56. The summed E-state index contributed by atoms with van der Waals surface area (Å²) in [6, 6.07) is 0. The van der Waals surface area contributed by atoms with Crippen LogP contribution in [0.3, 0.4) is 0 Å². The molecule has 0 aliphatic carbocycles. The van der Waals surface area contributed by atoms with Crippen molar-refractivity contribution in [3.8, 4) is 0 Å². The van der Waals surface area contributed by atoms with Crippen molar-refractivity contribution in [2.45, 2.75) is 153 Å². The van der Waals surface area contributed by atoms with Crippen LogP contribution >= 0.6 is 0 Å². The third kappa shape index (κ3) is 15.8. The molecule has 45 heavy (non-hydrogen) atoms. The van der Waals surface area contributed by atoms with E-state index in [4.69, 9.17) is 10.2 Å². The highest BCUT2D eigenvalue weighted by Crippen LogP contribution is 2.33. The summed E-state index contributed by atoms with van der Waals surface area (Å²) in [6.07, 6.45) is -3.79. The fraction of sp³-hybridized carbons (Fsp3) is 0.935. The average Bonchev–Trinajstić information content (AvgIpc) is 3.05. The predicted octanol–water partition coefficient (Wildman–Crippen LogP) is -1.42. The second-order valence-electron chi connectivity index (χ2n) is 12.1. The first-order valence-corrected chi connectivity index (χ1v) is 16.6. The fourth-order valence-electron chi connectivity index (χ4n) is 5.20. The molecule has 0 heterocycles. The summed E-state index contributed by atoms with van der Waals surface area (Å²) in [5.74, 6) is -1.51. The Kier molecular flexibility index (Phi) is 23.9. The summed E-state index contributed by atoms with van der Waals surface area (Å²) in [7, 11) is 0. The van der Waals surface area contributed by atoms with Gasteiger partial charge in [-0.25, -0.2) is 0 Å². The molecule has 8 atom stereocenters. The number of carbonyl (C=O) groups is 2. The Morgan fingerprint density at radius 2 is 0.778 bits per heavy atom. The molecule has 0 aromatic heterocycles. The average molecular weight is 655 g/mol. The van der Waals surface area contributed by atoms with Gasteiger partial charge in [-0.1, -0.05) is 90.9 Å². The molecule has 0 saturated carbocycles. The van der Waals surface area contributed by atoms with Crippen LogP contribution < -0.4 is 10.6 Å². The van der Waals surface area contributed by atoms with Crippen LogP contribution in [0.25, 0.3) is 0 Å². The van der Waals surface area contributed by atoms with E-state index in [1.54, 1.807) is 0 Å². The molecule has 12 N–H and O–H groups in total. The van der Waals surface area contributed by atoms with Crippen molar-refractivity contribution in [1.29, 1.82) is 0 Å².